The number of hydrogen-bond acceptors (Lipinski definition) is 4. The first kappa shape index (κ1) is 26.1. The van der Waals surface area contributed by atoms with Crippen LogP contribution in [0.3, 0.4) is 0 Å². The van der Waals surface area contributed by atoms with Crippen LogP contribution in [0.4, 0.5) is 4.79 Å². The lowest BCUT2D eigenvalue weighted by Crippen LogP contribution is -2.50. The van der Waals surface area contributed by atoms with Gasteiger partial charge in [-0.1, -0.05) is 44.2 Å². The Morgan fingerprint density at radius 2 is 1.66 bits per heavy atom. The monoisotopic (exact) mass is 479 g/mol. The Morgan fingerprint density at radius 1 is 1.00 bits per heavy atom. The molecule has 0 saturated heterocycles. The summed E-state index contributed by atoms with van der Waals surface area (Å²) in [6.45, 7) is 9.49. The molecule has 0 spiro atoms. The molecule has 1 aromatic heterocycles. The minimum absolute atomic E-state index is 0.132. The van der Waals surface area contributed by atoms with Gasteiger partial charge in [-0.2, -0.15) is 0 Å². The second-order valence-electron chi connectivity index (χ2n) is 10.2. The number of nitrogens with zero attached hydrogens (tertiary/aromatic N) is 1. The number of alkyl carbamates (subject to hydrolysis) is 1. The highest BCUT2D eigenvalue weighted by molar-refractivity contribution is 5.89. The largest absolute Gasteiger partial charge is 0.497 e. The number of aryl methyl sites for hydroxylation is 1. The van der Waals surface area contributed by atoms with E-state index in [0.29, 0.717) is 6.42 Å². The molecule has 188 valence electrons. The highest BCUT2D eigenvalue weighted by atomic mass is 16.6. The number of amides is 2. The molecular formula is C28H37N3O4. The highest BCUT2D eigenvalue weighted by Crippen LogP contribution is 2.25. The Hall–Kier alpha value is -3.48. The smallest absolute Gasteiger partial charge is 0.408 e. The van der Waals surface area contributed by atoms with E-state index in [2.05, 4.69) is 24.5 Å². The SMILES string of the molecule is COc1ccc([C@@H](NC(=O)[C@H](Cc2cn(C)c3ccccc23)NC(=O)OC(C)(C)C)C(C)C)cc1. The van der Waals surface area contributed by atoms with E-state index >= 15 is 0 Å². The molecule has 1 heterocycles. The quantitative estimate of drug-likeness (QED) is 0.469. The van der Waals surface area contributed by atoms with Crippen molar-refractivity contribution in [1.29, 1.82) is 0 Å². The molecule has 0 aliphatic carbocycles. The second kappa shape index (κ2) is 10.8. The molecule has 2 amide bonds. The van der Waals surface area contributed by atoms with Crippen LogP contribution < -0.4 is 15.4 Å². The van der Waals surface area contributed by atoms with Crippen LogP contribution in [0.2, 0.25) is 0 Å². The minimum atomic E-state index is -0.810. The molecule has 2 aromatic carbocycles. The number of aromatic nitrogens is 1. The first-order chi connectivity index (χ1) is 16.5. The van der Waals surface area contributed by atoms with Gasteiger partial charge < -0.3 is 24.7 Å². The normalized spacial score (nSPS) is 13.4. The predicted molar refractivity (Wildman–Crippen MR) is 138 cm³/mol. The van der Waals surface area contributed by atoms with Gasteiger partial charge in [-0.25, -0.2) is 4.79 Å². The van der Waals surface area contributed by atoms with Crippen LogP contribution in [0, 0.1) is 5.92 Å². The zero-order valence-corrected chi connectivity index (χ0v) is 21.7. The summed E-state index contributed by atoms with van der Waals surface area (Å²) in [6, 6.07) is 14.6. The fourth-order valence-corrected chi connectivity index (χ4v) is 4.17. The molecule has 0 radical (unpaired) electrons. The van der Waals surface area contributed by atoms with Gasteiger partial charge in [-0.15, -0.1) is 0 Å². The van der Waals surface area contributed by atoms with Gasteiger partial charge in [0.05, 0.1) is 13.2 Å². The number of rotatable bonds is 8. The molecule has 0 aliphatic heterocycles. The lowest BCUT2D eigenvalue weighted by Gasteiger charge is -2.27. The number of nitrogens with one attached hydrogen (secondary N) is 2. The van der Waals surface area contributed by atoms with E-state index in [1.54, 1.807) is 27.9 Å². The van der Waals surface area contributed by atoms with Crippen LogP contribution in [-0.4, -0.2) is 35.3 Å². The molecule has 7 nitrogen and oxygen atoms in total. The molecule has 35 heavy (non-hydrogen) atoms. The molecule has 0 fully saturated rings. The zero-order chi connectivity index (χ0) is 25.8. The number of carbonyl (C=O) groups is 2. The number of fused-ring (bicyclic) bond motifs is 1. The third-order valence-corrected chi connectivity index (χ3v) is 5.85. The number of ether oxygens (including phenoxy) is 2. The van der Waals surface area contributed by atoms with Gasteiger partial charge in [-0.05, 0) is 56.0 Å². The summed E-state index contributed by atoms with van der Waals surface area (Å²) in [5, 5.41) is 7.01. The number of methoxy groups -OCH3 is 1. The average molecular weight is 480 g/mol. The number of hydrogen-bond donors (Lipinski definition) is 2. The zero-order valence-electron chi connectivity index (χ0n) is 21.7. The van der Waals surface area contributed by atoms with Crippen molar-refractivity contribution in [2.75, 3.05) is 7.11 Å². The van der Waals surface area contributed by atoms with E-state index in [-0.39, 0.29) is 17.9 Å². The maximum atomic E-state index is 13.6. The van der Waals surface area contributed by atoms with Crippen LogP contribution in [-0.2, 0) is 23.0 Å². The molecule has 3 aromatic rings. The Labute approximate surface area is 207 Å². The van der Waals surface area contributed by atoms with Gasteiger partial charge in [0.25, 0.3) is 0 Å². The van der Waals surface area contributed by atoms with Gasteiger partial charge >= 0.3 is 6.09 Å². The summed E-state index contributed by atoms with van der Waals surface area (Å²) in [5.41, 5.74) is 2.34. The van der Waals surface area contributed by atoms with Crippen molar-refractivity contribution in [3.63, 3.8) is 0 Å². The molecule has 0 unspecified atom stereocenters. The molecular weight excluding hydrogens is 442 g/mol. The van der Waals surface area contributed by atoms with Crippen molar-refractivity contribution in [3.05, 3.63) is 65.9 Å². The average Bonchev–Trinajstić information content (AvgIpc) is 3.11. The van der Waals surface area contributed by atoms with Crippen LogP contribution >= 0.6 is 0 Å². The number of para-hydroxylation sites is 1. The molecule has 2 atom stereocenters. The third-order valence-electron chi connectivity index (χ3n) is 5.85. The van der Waals surface area contributed by atoms with Crippen LogP contribution in [0.25, 0.3) is 10.9 Å². The van der Waals surface area contributed by atoms with Crippen molar-refractivity contribution in [2.45, 2.75) is 58.7 Å². The van der Waals surface area contributed by atoms with Crippen molar-refractivity contribution >= 4 is 22.9 Å². The summed E-state index contributed by atoms with van der Waals surface area (Å²) >= 11 is 0. The highest BCUT2D eigenvalue weighted by Gasteiger charge is 2.28. The van der Waals surface area contributed by atoms with E-state index in [1.807, 2.05) is 66.3 Å². The summed E-state index contributed by atoms with van der Waals surface area (Å²) < 4.78 is 12.8. The van der Waals surface area contributed by atoms with Gasteiger partial charge in [-0.3, -0.25) is 4.79 Å². The Morgan fingerprint density at radius 3 is 2.26 bits per heavy atom. The van der Waals surface area contributed by atoms with Crippen LogP contribution in [0.15, 0.2) is 54.7 Å². The van der Waals surface area contributed by atoms with Gasteiger partial charge in [0, 0.05) is 30.6 Å². The molecule has 7 heteroatoms. The number of benzene rings is 2. The first-order valence-corrected chi connectivity index (χ1v) is 11.9. The van der Waals surface area contributed by atoms with Crippen molar-refractivity contribution < 1.29 is 19.1 Å². The topological polar surface area (TPSA) is 81.6 Å². The van der Waals surface area contributed by atoms with Crippen molar-refractivity contribution in [3.8, 4) is 5.75 Å². The van der Waals surface area contributed by atoms with E-state index in [0.717, 1.165) is 27.8 Å². The van der Waals surface area contributed by atoms with Crippen molar-refractivity contribution in [1.82, 2.24) is 15.2 Å². The second-order valence-corrected chi connectivity index (χ2v) is 10.2. The predicted octanol–water partition coefficient (Wildman–Crippen LogP) is 5.14. The van der Waals surface area contributed by atoms with E-state index in [1.165, 1.54) is 0 Å². The Kier molecular flexibility index (Phi) is 8.10. The van der Waals surface area contributed by atoms with E-state index < -0.39 is 17.7 Å². The van der Waals surface area contributed by atoms with Gasteiger partial charge in [0.2, 0.25) is 5.91 Å². The molecule has 3 rings (SSSR count). The number of carbonyl (C=O) groups excluding carboxylic acids is 2. The summed E-state index contributed by atoms with van der Waals surface area (Å²) in [4.78, 5) is 26.3. The van der Waals surface area contributed by atoms with Gasteiger partial charge in [0.1, 0.15) is 17.4 Å². The van der Waals surface area contributed by atoms with E-state index in [9.17, 15) is 9.59 Å². The fraction of sp³-hybridized carbons (Fsp3) is 0.429. The Bertz CT molecular complexity index is 1160. The first-order valence-electron chi connectivity index (χ1n) is 11.9. The summed E-state index contributed by atoms with van der Waals surface area (Å²) in [6.07, 6.45) is 1.72. The Balaban J connectivity index is 1.88. The molecule has 2 N–H and O–H groups in total. The fourth-order valence-electron chi connectivity index (χ4n) is 4.17. The van der Waals surface area contributed by atoms with Crippen molar-refractivity contribution in [2.24, 2.45) is 13.0 Å². The molecule has 0 bridgehead atoms. The maximum absolute atomic E-state index is 13.6. The molecule has 0 aliphatic rings. The van der Waals surface area contributed by atoms with Crippen LogP contribution in [0.5, 0.6) is 5.75 Å². The van der Waals surface area contributed by atoms with E-state index in [4.69, 9.17) is 9.47 Å². The lowest BCUT2D eigenvalue weighted by molar-refractivity contribution is -0.124. The van der Waals surface area contributed by atoms with Gasteiger partial charge in [0.15, 0.2) is 0 Å². The third kappa shape index (κ3) is 6.78. The minimum Gasteiger partial charge on any atom is -0.497 e. The standard InChI is InChI=1S/C28H37N3O4/c1-18(2)25(19-12-14-21(34-7)15-13-19)30-26(32)23(29-27(33)35-28(3,4)5)16-20-17-31(6)24-11-9-8-10-22(20)24/h8-15,17-18,23,25H,16H2,1-7H3,(H,29,33)(H,30,32)/t23-,25-/m0/s1. The summed E-state index contributed by atoms with van der Waals surface area (Å²) in [7, 11) is 3.59. The maximum Gasteiger partial charge on any atom is 0.408 e. The lowest BCUT2D eigenvalue weighted by atomic mass is 9.95. The van der Waals surface area contributed by atoms with Crippen LogP contribution in [0.1, 0.15) is 51.8 Å². The molecule has 0 saturated carbocycles. The summed E-state index contributed by atoms with van der Waals surface area (Å²) in [5.74, 6) is 0.619.